The van der Waals surface area contributed by atoms with Gasteiger partial charge in [-0.05, 0) is 19.1 Å². The first-order valence-electron chi connectivity index (χ1n) is 5.32. The lowest BCUT2D eigenvalue weighted by Gasteiger charge is -2.07. The molecule has 0 aliphatic heterocycles. The topological polar surface area (TPSA) is 50.1 Å². The molecule has 2 aromatic heterocycles. The van der Waals surface area contributed by atoms with Crippen molar-refractivity contribution in [3.63, 3.8) is 0 Å². The lowest BCUT2D eigenvalue weighted by atomic mass is 10.3. The summed E-state index contributed by atoms with van der Waals surface area (Å²) in [5, 5.41) is 6.50. The zero-order valence-corrected chi connectivity index (χ0v) is 9.23. The third-order valence-corrected chi connectivity index (χ3v) is 2.20. The van der Waals surface area contributed by atoms with Gasteiger partial charge in [-0.3, -0.25) is 4.98 Å². The highest BCUT2D eigenvalue weighted by Crippen LogP contribution is 2.13. The Balaban J connectivity index is 1.96. The maximum Gasteiger partial charge on any atom is 0.0952 e. The minimum Gasteiger partial charge on any atom is -0.472 e. The molecule has 0 saturated heterocycles. The summed E-state index contributed by atoms with van der Waals surface area (Å²) in [5.74, 6) is 0. The first-order valence-corrected chi connectivity index (χ1v) is 5.32. The zero-order valence-electron chi connectivity index (χ0n) is 9.23. The first kappa shape index (κ1) is 10.5. The van der Waals surface area contributed by atoms with E-state index in [4.69, 9.17) is 4.42 Å². The molecule has 0 aliphatic carbocycles. The molecule has 16 heavy (non-hydrogen) atoms. The summed E-state index contributed by atoms with van der Waals surface area (Å²) in [5.41, 5.74) is 3.15. The van der Waals surface area contributed by atoms with Gasteiger partial charge < -0.3 is 15.1 Å². The number of hydrogen-bond donors (Lipinski definition) is 2. The molecular weight excluding hydrogens is 202 g/mol. The minimum absolute atomic E-state index is 0.744. The van der Waals surface area contributed by atoms with Crippen LogP contribution in [0.1, 0.15) is 12.5 Å². The van der Waals surface area contributed by atoms with Crippen LogP contribution in [0.25, 0.3) is 0 Å². The summed E-state index contributed by atoms with van der Waals surface area (Å²) >= 11 is 0. The molecule has 2 rings (SSSR count). The fourth-order valence-corrected chi connectivity index (χ4v) is 1.43. The molecule has 0 amide bonds. The summed E-state index contributed by atoms with van der Waals surface area (Å²) in [4.78, 5) is 4.15. The van der Waals surface area contributed by atoms with E-state index in [2.05, 4.69) is 22.5 Å². The van der Waals surface area contributed by atoms with Crippen LogP contribution in [0.3, 0.4) is 0 Å². The lowest BCUT2D eigenvalue weighted by molar-refractivity contribution is 0.564. The van der Waals surface area contributed by atoms with Crippen molar-refractivity contribution in [1.82, 2.24) is 4.98 Å². The van der Waals surface area contributed by atoms with Gasteiger partial charge in [0.2, 0.25) is 0 Å². The Bertz CT molecular complexity index is 426. The van der Waals surface area contributed by atoms with E-state index in [1.165, 1.54) is 0 Å². The Kier molecular flexibility index (Phi) is 3.43. The Labute approximate surface area is 94.7 Å². The molecule has 0 fully saturated rings. The number of rotatable bonds is 5. The highest BCUT2D eigenvalue weighted by atomic mass is 16.3. The molecule has 4 nitrogen and oxygen atoms in total. The van der Waals surface area contributed by atoms with Gasteiger partial charge in [0, 0.05) is 18.7 Å². The van der Waals surface area contributed by atoms with Gasteiger partial charge in [0.15, 0.2) is 0 Å². The van der Waals surface area contributed by atoms with E-state index in [0.29, 0.717) is 0 Å². The van der Waals surface area contributed by atoms with E-state index in [-0.39, 0.29) is 0 Å². The quantitative estimate of drug-likeness (QED) is 0.808. The summed E-state index contributed by atoms with van der Waals surface area (Å²) in [6.45, 7) is 3.70. The van der Waals surface area contributed by atoms with Crippen molar-refractivity contribution in [3.05, 3.63) is 42.6 Å². The second kappa shape index (κ2) is 5.21. The fraction of sp³-hybridized carbons (Fsp3) is 0.250. The van der Waals surface area contributed by atoms with Crippen LogP contribution in [-0.2, 0) is 6.54 Å². The van der Waals surface area contributed by atoms with Crippen molar-refractivity contribution < 1.29 is 4.42 Å². The van der Waals surface area contributed by atoms with Crippen LogP contribution in [0.2, 0.25) is 0 Å². The number of pyridine rings is 1. The molecule has 0 spiro atoms. The summed E-state index contributed by atoms with van der Waals surface area (Å²) in [6.07, 6.45) is 7.02. The summed E-state index contributed by atoms with van der Waals surface area (Å²) in [6, 6.07) is 3.98. The van der Waals surface area contributed by atoms with E-state index in [9.17, 15) is 0 Å². The van der Waals surface area contributed by atoms with Gasteiger partial charge in [-0.2, -0.15) is 0 Å². The first-order chi connectivity index (χ1) is 7.88. The van der Waals surface area contributed by atoms with Crippen molar-refractivity contribution in [1.29, 1.82) is 0 Å². The number of furan rings is 1. The minimum atomic E-state index is 0.744. The van der Waals surface area contributed by atoms with Gasteiger partial charge in [0.05, 0.1) is 36.3 Å². The Morgan fingerprint density at radius 1 is 1.25 bits per heavy atom. The normalized spacial score (nSPS) is 10.1. The molecule has 0 radical (unpaired) electrons. The van der Waals surface area contributed by atoms with Crippen molar-refractivity contribution in [2.45, 2.75) is 13.5 Å². The van der Waals surface area contributed by atoms with Crippen LogP contribution in [0.5, 0.6) is 0 Å². The summed E-state index contributed by atoms with van der Waals surface area (Å²) < 4.78 is 5.00. The zero-order chi connectivity index (χ0) is 11.2. The molecule has 4 heteroatoms. The van der Waals surface area contributed by atoms with E-state index < -0.39 is 0 Å². The second-order valence-electron chi connectivity index (χ2n) is 3.48. The molecule has 0 saturated carbocycles. The van der Waals surface area contributed by atoms with E-state index in [0.717, 1.165) is 30.0 Å². The number of aromatic nitrogens is 1. The highest BCUT2D eigenvalue weighted by molar-refractivity contribution is 5.53. The monoisotopic (exact) mass is 217 g/mol. The second-order valence-corrected chi connectivity index (χ2v) is 3.48. The molecule has 0 aromatic carbocycles. The van der Waals surface area contributed by atoms with E-state index in [1.54, 1.807) is 18.7 Å². The van der Waals surface area contributed by atoms with Crippen molar-refractivity contribution in [2.24, 2.45) is 0 Å². The molecule has 0 atom stereocenters. The Morgan fingerprint density at radius 3 is 2.75 bits per heavy atom. The largest absolute Gasteiger partial charge is 0.472 e. The fourth-order valence-electron chi connectivity index (χ4n) is 1.43. The van der Waals surface area contributed by atoms with Gasteiger partial charge in [0.25, 0.3) is 0 Å². The molecule has 2 aromatic rings. The van der Waals surface area contributed by atoms with E-state index >= 15 is 0 Å². The van der Waals surface area contributed by atoms with Crippen LogP contribution in [0, 0.1) is 0 Å². The maximum absolute atomic E-state index is 5.00. The Morgan fingerprint density at radius 2 is 2.06 bits per heavy atom. The lowest BCUT2D eigenvalue weighted by Crippen LogP contribution is -2.01. The third kappa shape index (κ3) is 2.76. The van der Waals surface area contributed by atoms with Crippen LogP contribution in [0.4, 0.5) is 11.4 Å². The third-order valence-electron chi connectivity index (χ3n) is 2.20. The molecule has 2 N–H and O–H groups in total. The molecule has 0 aliphatic rings. The van der Waals surface area contributed by atoms with Gasteiger partial charge in [0.1, 0.15) is 0 Å². The van der Waals surface area contributed by atoms with Gasteiger partial charge >= 0.3 is 0 Å². The highest BCUT2D eigenvalue weighted by Gasteiger charge is 1.97. The number of nitrogens with one attached hydrogen (secondary N) is 2. The predicted octanol–water partition coefficient (Wildman–Crippen LogP) is 2.72. The number of nitrogens with zero attached hydrogens (tertiary/aromatic N) is 1. The van der Waals surface area contributed by atoms with Crippen molar-refractivity contribution in [3.8, 4) is 0 Å². The van der Waals surface area contributed by atoms with Gasteiger partial charge in [-0.15, -0.1) is 0 Å². The molecule has 0 unspecified atom stereocenters. The summed E-state index contributed by atoms with van der Waals surface area (Å²) in [7, 11) is 0. The number of anilines is 2. The smallest absolute Gasteiger partial charge is 0.0952 e. The van der Waals surface area contributed by atoms with Crippen molar-refractivity contribution in [2.75, 3.05) is 17.2 Å². The average Bonchev–Trinajstić information content (AvgIpc) is 2.80. The van der Waals surface area contributed by atoms with E-state index in [1.807, 2.05) is 18.3 Å². The molecular formula is C12H15N3O. The van der Waals surface area contributed by atoms with Gasteiger partial charge in [-0.25, -0.2) is 0 Å². The maximum atomic E-state index is 5.00. The van der Waals surface area contributed by atoms with Crippen LogP contribution in [0.15, 0.2) is 41.5 Å². The predicted molar refractivity (Wildman–Crippen MR) is 64.4 cm³/mol. The molecule has 0 bridgehead atoms. The van der Waals surface area contributed by atoms with Crippen LogP contribution >= 0.6 is 0 Å². The SMILES string of the molecule is CCNc1cncc(NCc2ccoc2)c1. The van der Waals surface area contributed by atoms with Gasteiger partial charge in [-0.1, -0.05) is 0 Å². The standard InChI is InChI=1S/C12H15N3O/c1-2-14-11-5-12(8-13-7-11)15-6-10-3-4-16-9-10/h3-5,7-9,14-15H,2,6H2,1H3. The molecule has 84 valence electrons. The van der Waals surface area contributed by atoms with Crippen LogP contribution in [-0.4, -0.2) is 11.5 Å². The Hall–Kier alpha value is -1.97. The van der Waals surface area contributed by atoms with Crippen LogP contribution < -0.4 is 10.6 Å². The number of hydrogen-bond acceptors (Lipinski definition) is 4. The van der Waals surface area contributed by atoms with Crippen molar-refractivity contribution >= 4 is 11.4 Å². The average molecular weight is 217 g/mol. The molecule has 2 heterocycles.